The summed E-state index contributed by atoms with van der Waals surface area (Å²) in [6.07, 6.45) is 1.08. The lowest BCUT2D eigenvalue weighted by molar-refractivity contribution is -0.118. The molecule has 0 unspecified atom stereocenters. The Morgan fingerprint density at radius 1 is 1.19 bits per heavy atom. The number of carbonyl (C=O) groups excluding carboxylic acids is 1. The van der Waals surface area contributed by atoms with E-state index < -0.39 is 0 Å². The highest BCUT2D eigenvalue weighted by molar-refractivity contribution is 9.10. The number of ether oxygens (including phenoxy) is 2. The van der Waals surface area contributed by atoms with E-state index in [1.54, 1.807) is 7.11 Å². The molecule has 0 bridgehead atoms. The highest BCUT2D eigenvalue weighted by Gasteiger charge is 2.13. The van der Waals surface area contributed by atoms with Gasteiger partial charge < -0.3 is 20.1 Å². The first-order valence-corrected chi connectivity index (χ1v) is 9.39. The van der Waals surface area contributed by atoms with Crippen molar-refractivity contribution in [3.05, 3.63) is 52.0 Å². The fourth-order valence-electron chi connectivity index (χ4n) is 2.40. The van der Waals surface area contributed by atoms with Gasteiger partial charge in [-0.15, -0.1) is 0 Å². The molecule has 0 aliphatic rings. The van der Waals surface area contributed by atoms with E-state index in [1.165, 1.54) is 0 Å². The second-order valence-electron chi connectivity index (χ2n) is 5.99. The number of aryl methyl sites for hydroxylation is 1. The van der Waals surface area contributed by atoms with Crippen LogP contribution in [0.4, 0.5) is 5.69 Å². The van der Waals surface area contributed by atoms with E-state index in [1.807, 2.05) is 43.3 Å². The van der Waals surface area contributed by atoms with E-state index in [-0.39, 0.29) is 12.5 Å². The van der Waals surface area contributed by atoms with Crippen LogP contribution in [0.25, 0.3) is 0 Å². The maximum absolute atomic E-state index is 12.1. The minimum absolute atomic E-state index is 0.101. The van der Waals surface area contributed by atoms with Crippen molar-refractivity contribution >= 4 is 27.5 Å². The third kappa shape index (κ3) is 6.04. The molecule has 0 atom stereocenters. The van der Waals surface area contributed by atoms with Crippen LogP contribution in [0, 0.1) is 6.92 Å². The summed E-state index contributed by atoms with van der Waals surface area (Å²) in [5.74, 6) is 0.887. The molecule has 0 fully saturated rings. The van der Waals surface area contributed by atoms with Crippen LogP contribution in [0.1, 0.15) is 24.5 Å². The van der Waals surface area contributed by atoms with Crippen molar-refractivity contribution in [2.75, 3.05) is 25.6 Å². The predicted octanol–water partition coefficient (Wildman–Crippen LogP) is 4.28. The van der Waals surface area contributed by atoms with Crippen molar-refractivity contribution < 1.29 is 14.3 Å². The highest BCUT2D eigenvalue weighted by Crippen LogP contribution is 2.36. The molecule has 0 saturated carbocycles. The summed E-state index contributed by atoms with van der Waals surface area (Å²) in [4.78, 5) is 12.1. The minimum atomic E-state index is -0.225. The first kappa shape index (κ1) is 20.3. The average Bonchev–Trinajstić information content (AvgIpc) is 2.62. The largest absolute Gasteiger partial charge is 0.493 e. The molecule has 0 saturated heterocycles. The summed E-state index contributed by atoms with van der Waals surface area (Å²) >= 11 is 3.51. The summed E-state index contributed by atoms with van der Waals surface area (Å²) in [5.41, 5.74) is 2.97. The van der Waals surface area contributed by atoms with Gasteiger partial charge in [0.25, 0.3) is 5.91 Å². The van der Waals surface area contributed by atoms with Gasteiger partial charge in [-0.1, -0.05) is 24.6 Å². The van der Waals surface area contributed by atoms with Gasteiger partial charge in [-0.3, -0.25) is 4.79 Å². The van der Waals surface area contributed by atoms with Gasteiger partial charge in [-0.2, -0.15) is 0 Å². The Morgan fingerprint density at radius 3 is 2.58 bits per heavy atom. The Kier molecular flexibility index (Phi) is 7.94. The summed E-state index contributed by atoms with van der Waals surface area (Å²) in [5, 5.41) is 6.16. The number of carbonyl (C=O) groups is 1. The zero-order valence-electron chi connectivity index (χ0n) is 15.4. The maximum atomic E-state index is 12.1. The van der Waals surface area contributed by atoms with E-state index in [2.05, 4.69) is 33.5 Å². The van der Waals surface area contributed by atoms with Crippen molar-refractivity contribution in [1.82, 2.24) is 5.32 Å². The molecule has 0 heterocycles. The molecule has 26 heavy (non-hydrogen) atoms. The van der Waals surface area contributed by atoms with E-state index in [0.29, 0.717) is 11.5 Å². The number of nitrogens with one attached hydrogen (secondary N) is 2. The minimum Gasteiger partial charge on any atom is -0.493 e. The lowest BCUT2D eigenvalue weighted by atomic mass is 10.2. The second kappa shape index (κ2) is 10.2. The molecule has 2 aromatic carbocycles. The molecule has 140 valence electrons. The van der Waals surface area contributed by atoms with Gasteiger partial charge in [0.2, 0.25) is 0 Å². The summed E-state index contributed by atoms with van der Waals surface area (Å²) in [6, 6.07) is 11.5. The molecule has 2 aromatic rings. The van der Waals surface area contributed by atoms with E-state index in [0.717, 1.165) is 40.8 Å². The summed E-state index contributed by atoms with van der Waals surface area (Å²) < 4.78 is 11.9. The third-order valence-electron chi connectivity index (χ3n) is 3.73. The van der Waals surface area contributed by atoms with Gasteiger partial charge in [0, 0.05) is 12.2 Å². The van der Waals surface area contributed by atoms with E-state index in [4.69, 9.17) is 9.47 Å². The molecule has 1 amide bonds. The van der Waals surface area contributed by atoms with Crippen LogP contribution in [0.15, 0.2) is 40.9 Å². The average molecular weight is 421 g/mol. The van der Waals surface area contributed by atoms with Crippen molar-refractivity contribution in [3.63, 3.8) is 0 Å². The van der Waals surface area contributed by atoms with Crippen molar-refractivity contribution in [2.45, 2.75) is 26.8 Å². The molecule has 5 nitrogen and oxygen atoms in total. The number of hydrogen-bond acceptors (Lipinski definition) is 4. The second-order valence-corrected chi connectivity index (χ2v) is 6.84. The van der Waals surface area contributed by atoms with E-state index >= 15 is 0 Å². The standard InChI is InChI=1S/C20H25BrN2O3/c1-4-9-22-12-15-10-17(21)20(18(11-15)25-3)26-13-19(24)23-16-7-5-14(2)6-8-16/h5-8,10-11,22H,4,9,12-13H2,1-3H3,(H,23,24). The van der Waals surface area contributed by atoms with Crippen LogP contribution in [-0.2, 0) is 11.3 Å². The van der Waals surface area contributed by atoms with E-state index in [9.17, 15) is 4.79 Å². The predicted molar refractivity (Wildman–Crippen MR) is 108 cm³/mol. The Hall–Kier alpha value is -2.05. The number of hydrogen-bond donors (Lipinski definition) is 2. The third-order valence-corrected chi connectivity index (χ3v) is 4.32. The molecule has 0 aliphatic heterocycles. The van der Waals surface area contributed by atoms with Crippen molar-refractivity contribution in [2.24, 2.45) is 0 Å². The quantitative estimate of drug-likeness (QED) is 0.594. The van der Waals surface area contributed by atoms with Crippen molar-refractivity contribution in [3.8, 4) is 11.5 Å². The van der Waals surface area contributed by atoms with Gasteiger partial charge in [-0.25, -0.2) is 0 Å². The van der Waals surface area contributed by atoms with Crippen LogP contribution in [-0.4, -0.2) is 26.2 Å². The van der Waals surface area contributed by atoms with Crippen LogP contribution < -0.4 is 20.1 Å². The number of anilines is 1. The number of halogens is 1. The Labute approximate surface area is 163 Å². The van der Waals surface area contributed by atoms with Gasteiger partial charge in [0.15, 0.2) is 18.1 Å². The number of rotatable bonds is 9. The normalized spacial score (nSPS) is 10.5. The monoisotopic (exact) mass is 420 g/mol. The maximum Gasteiger partial charge on any atom is 0.262 e. The van der Waals surface area contributed by atoms with Gasteiger partial charge in [-0.05, 0) is 65.6 Å². The fourth-order valence-corrected chi connectivity index (χ4v) is 3.00. The molecular weight excluding hydrogens is 396 g/mol. The van der Waals surface area contributed by atoms with Crippen LogP contribution >= 0.6 is 15.9 Å². The topological polar surface area (TPSA) is 59.6 Å². The molecule has 2 N–H and O–H groups in total. The lowest BCUT2D eigenvalue weighted by Crippen LogP contribution is -2.20. The van der Waals surface area contributed by atoms with Crippen LogP contribution in [0.5, 0.6) is 11.5 Å². The summed E-state index contributed by atoms with van der Waals surface area (Å²) in [6.45, 7) is 5.73. The molecule has 0 spiro atoms. The van der Waals surface area contributed by atoms with Crippen LogP contribution in [0.3, 0.4) is 0 Å². The zero-order valence-corrected chi connectivity index (χ0v) is 17.0. The molecule has 0 radical (unpaired) electrons. The fraction of sp³-hybridized carbons (Fsp3) is 0.350. The first-order chi connectivity index (χ1) is 12.5. The van der Waals surface area contributed by atoms with Crippen LogP contribution in [0.2, 0.25) is 0 Å². The Bertz CT molecular complexity index is 733. The SMILES string of the molecule is CCCNCc1cc(Br)c(OCC(=O)Nc2ccc(C)cc2)c(OC)c1. The van der Waals surface area contributed by atoms with Crippen molar-refractivity contribution in [1.29, 1.82) is 0 Å². The summed E-state index contributed by atoms with van der Waals surface area (Å²) in [7, 11) is 1.59. The highest BCUT2D eigenvalue weighted by atomic mass is 79.9. The Morgan fingerprint density at radius 2 is 1.92 bits per heavy atom. The van der Waals surface area contributed by atoms with Gasteiger partial charge in [0.05, 0.1) is 11.6 Å². The molecular formula is C20H25BrN2O3. The molecule has 0 aliphatic carbocycles. The lowest BCUT2D eigenvalue weighted by Gasteiger charge is -2.15. The molecule has 2 rings (SSSR count). The molecule has 0 aromatic heterocycles. The number of amides is 1. The number of benzene rings is 2. The molecule has 6 heteroatoms. The van der Waals surface area contributed by atoms with Gasteiger partial charge >= 0.3 is 0 Å². The smallest absolute Gasteiger partial charge is 0.262 e. The number of methoxy groups -OCH3 is 1. The first-order valence-electron chi connectivity index (χ1n) is 8.60. The van der Waals surface area contributed by atoms with Gasteiger partial charge in [0.1, 0.15) is 0 Å². The zero-order chi connectivity index (χ0) is 18.9. The Balaban J connectivity index is 1.99.